The highest BCUT2D eigenvalue weighted by Crippen LogP contribution is 1.76. The van der Waals surface area contributed by atoms with Crippen molar-refractivity contribution < 1.29 is 13.2 Å². The minimum absolute atomic E-state index is 0. The van der Waals surface area contributed by atoms with Gasteiger partial charge >= 0.3 is 0 Å². The van der Waals surface area contributed by atoms with Crippen molar-refractivity contribution in [2.45, 2.75) is 187 Å². The molecule has 0 saturated carbocycles. The van der Waals surface area contributed by atoms with Gasteiger partial charge in [0.1, 0.15) is 0 Å². The van der Waals surface area contributed by atoms with E-state index in [-0.39, 0.29) is 19.1 Å². The first-order valence-electron chi connectivity index (χ1n) is 15.7. The van der Waals surface area contributed by atoms with Crippen LogP contribution in [0.4, 0.5) is 0 Å². The van der Waals surface area contributed by atoms with Crippen LogP contribution in [0.3, 0.4) is 0 Å². The number of terminal acetylenes is 1. The summed E-state index contributed by atoms with van der Waals surface area (Å²) in [6, 6.07) is 0. The lowest BCUT2D eigenvalue weighted by atomic mass is 10.4. The van der Waals surface area contributed by atoms with Gasteiger partial charge in [-0.05, 0) is 6.92 Å². The molecule has 0 spiro atoms. The minimum atomic E-state index is 0. The van der Waals surface area contributed by atoms with E-state index >= 15 is 0 Å². The first kappa shape index (κ1) is 70.4. The van der Waals surface area contributed by atoms with Gasteiger partial charge in [-0.15, -0.1) is 12.3 Å². The predicted octanol–water partition coefficient (Wildman–Crippen LogP) is 15.5. The summed E-state index contributed by atoms with van der Waals surface area (Å²) in [5.74, 6) is 2.25. The monoisotopic (exact) mass is 461 g/mol. The fraction of sp³-hybridized carbons (Fsp3) is 0.931. The summed E-state index contributed by atoms with van der Waals surface area (Å²) < 4.78 is 30.0. The lowest BCUT2D eigenvalue weighted by Crippen LogP contribution is -1.47. The molecule has 0 aromatic carbocycles. The van der Waals surface area contributed by atoms with Crippen LogP contribution in [0.2, 0.25) is 0 Å². The molecule has 0 unspecified atom stereocenters. The quantitative estimate of drug-likeness (QED) is 0.341. The lowest BCUT2D eigenvalue weighted by Gasteiger charge is -1.68. The van der Waals surface area contributed by atoms with Crippen molar-refractivity contribution in [1.82, 2.24) is 0 Å². The van der Waals surface area contributed by atoms with E-state index in [2.05, 4.69) is 26.2 Å². The zero-order valence-corrected chi connectivity index (χ0v) is 25.5. The Hall–Kier alpha value is -0.440. The Morgan fingerprint density at radius 3 is 0.483 bits per heavy atom. The van der Waals surface area contributed by atoms with Gasteiger partial charge in [-0.1, -0.05) is 180 Å². The SMILES string of the molecule is C.C.C#CC.CC.CC.CC.CC.CC.CC.CC.CC.CC.CC.CCCC.[3HH].[3HH].[3HH].[3H][3H].[3H][3H].[3H][3H]. The van der Waals surface area contributed by atoms with Gasteiger partial charge in [-0.25, -0.2) is 0 Å². The van der Waals surface area contributed by atoms with E-state index in [0.29, 0.717) is 0 Å². The highest BCUT2D eigenvalue weighted by atomic mass is 13.6. The van der Waals surface area contributed by atoms with E-state index in [9.17, 15) is 0 Å². The Kier molecular flexibility index (Phi) is 7200. The fourth-order valence-corrected chi connectivity index (χ4v) is 0. The van der Waals surface area contributed by atoms with Crippen LogP contribution < -0.4 is 0 Å². The zero-order chi connectivity index (χ0) is 32.1. The van der Waals surface area contributed by atoms with Gasteiger partial charge < -0.3 is 0 Å². The summed E-state index contributed by atoms with van der Waals surface area (Å²) in [7, 11) is 0. The maximum Gasteiger partial charge on any atom is 0 e. The van der Waals surface area contributed by atoms with Gasteiger partial charge in [-0.2, -0.15) is 0 Å². The third kappa shape index (κ3) is 57400. The maximum atomic E-state index is 5.00. The first-order chi connectivity index (χ1) is 16.3. The third-order valence-electron chi connectivity index (χ3n) is 0.500. The first-order valence-corrected chi connectivity index (χ1v) is 12.7. The van der Waals surface area contributed by atoms with E-state index in [1.54, 1.807) is 6.92 Å². The molecule has 0 radical (unpaired) electrons. The number of rotatable bonds is 1. The third-order valence-corrected chi connectivity index (χ3v) is 0.500. The Morgan fingerprint density at radius 1 is 0.448 bits per heavy atom. The normalized spacial score (nSPS) is 4.21. The molecule has 0 aliphatic rings. The summed E-state index contributed by atoms with van der Waals surface area (Å²) in [5, 5.41) is 0. The molecule has 0 aliphatic heterocycles. The molecule has 0 saturated heterocycles. The molecule has 210 valence electrons. The highest BCUT2D eigenvalue weighted by molar-refractivity contribution is 4.73. The van der Waals surface area contributed by atoms with E-state index in [1.807, 2.05) is 138 Å². The van der Waals surface area contributed by atoms with Crippen LogP contribution in [-0.2, 0) is 0 Å². The van der Waals surface area contributed by atoms with Crippen LogP contribution in [0.15, 0.2) is 0 Å². The molecule has 0 nitrogen and oxygen atoms in total. The second-order valence-corrected chi connectivity index (χ2v) is 1.29. The van der Waals surface area contributed by atoms with Gasteiger partial charge in [0.2, 0.25) is 0 Å². The average molecular weight is 461 g/mol. The summed E-state index contributed by atoms with van der Waals surface area (Å²) in [6.07, 6.45) is 7.24. The van der Waals surface area contributed by atoms with Crippen LogP contribution in [0, 0.1) is 12.3 Å². The zero-order valence-electron chi connectivity index (χ0n) is 31.5. The van der Waals surface area contributed by atoms with Crippen molar-refractivity contribution in [3.05, 3.63) is 0 Å². The van der Waals surface area contributed by atoms with Crippen LogP contribution in [0.1, 0.15) is 200 Å². The molecule has 0 aliphatic carbocycles. The summed E-state index contributed by atoms with van der Waals surface area (Å²) >= 11 is 0. The molecule has 0 N–H and O–H groups in total. The van der Waals surface area contributed by atoms with Crippen molar-refractivity contribution >= 4 is 0 Å². The topological polar surface area (TPSA) is 0 Å². The standard InChI is InChI=1S/C4H10.C3H4.10C2H6.2CH4.6H2/c1-3-4-2;1-3-2;10*1-2;;;;;;;;/h3-4H2,1-2H3;1H,2H3;10*1-2H3;2*1H4;6*1H/i;;;;;;;;;;;;;;3*1+2T;3*1+2. The van der Waals surface area contributed by atoms with Gasteiger partial charge in [0.05, 0.1) is 0 Å². The van der Waals surface area contributed by atoms with Crippen molar-refractivity contribution in [3.8, 4) is 12.3 Å². The highest BCUT2D eigenvalue weighted by Gasteiger charge is 1.56. The van der Waals surface area contributed by atoms with E-state index in [4.69, 9.17) is 8.91 Å². The number of unbranched alkanes of at least 4 members (excludes halogenated alkanes) is 1. The molecule has 0 bridgehead atoms. The van der Waals surface area contributed by atoms with Gasteiger partial charge in [0.15, 0.2) is 0 Å². The Balaban J connectivity index is -0.00000000506. The van der Waals surface area contributed by atoms with Gasteiger partial charge in [0, 0.05) is 13.2 Å². The second-order valence-electron chi connectivity index (χ2n) is 1.29. The molecule has 0 heteroatoms. The molecule has 0 aromatic heterocycles. The number of hydrogen-bond acceptors (Lipinski definition) is 0. The Bertz CT molecular complexity index is 66.5. The molecular formula is C29H94. The van der Waals surface area contributed by atoms with E-state index in [1.165, 1.54) is 12.8 Å². The predicted molar refractivity (Wildman–Crippen MR) is 175 cm³/mol. The fourth-order valence-electron chi connectivity index (χ4n) is 0. The van der Waals surface area contributed by atoms with Crippen molar-refractivity contribution in [1.29, 1.82) is 0 Å². The largest absolute Gasteiger partial charge is 0.120 e. The van der Waals surface area contributed by atoms with Crippen LogP contribution in [0.25, 0.3) is 0 Å². The smallest absolute Gasteiger partial charge is 0 e. The molecule has 0 heterocycles. The Labute approximate surface area is 213 Å². The van der Waals surface area contributed by atoms with Crippen molar-refractivity contribution in [2.75, 3.05) is 0 Å². The maximum absolute atomic E-state index is 5.00. The van der Waals surface area contributed by atoms with Gasteiger partial charge in [-0.3, -0.25) is 0 Å². The molecule has 0 amide bonds. The molecule has 0 atom stereocenters. The number of hydrogen-bond donors (Lipinski definition) is 0. The Morgan fingerprint density at radius 2 is 0.483 bits per heavy atom. The van der Waals surface area contributed by atoms with E-state index in [0.717, 1.165) is 0 Å². The lowest BCUT2D eigenvalue weighted by molar-refractivity contribution is 0.886. The van der Waals surface area contributed by atoms with Crippen LogP contribution in [0.5, 0.6) is 0 Å². The average Bonchev–Trinajstić information content (AvgIpc) is 3.02. The molecule has 0 aromatic rings. The van der Waals surface area contributed by atoms with Crippen LogP contribution in [-0.4, -0.2) is 0 Å². The second kappa shape index (κ2) is 2970. The molecular weight excluding hydrogens is 348 g/mol. The summed E-state index contributed by atoms with van der Waals surface area (Å²) in [6.45, 7) is 46.0. The molecule has 0 fully saturated rings. The summed E-state index contributed by atoms with van der Waals surface area (Å²) in [4.78, 5) is 0. The van der Waals surface area contributed by atoms with Crippen LogP contribution >= 0.6 is 0 Å². The minimum Gasteiger partial charge on any atom is -0.120 e. The van der Waals surface area contributed by atoms with Crippen molar-refractivity contribution in [2.24, 2.45) is 0 Å². The summed E-state index contributed by atoms with van der Waals surface area (Å²) in [5.41, 5.74) is 0. The molecule has 0 rings (SSSR count). The van der Waals surface area contributed by atoms with Crippen molar-refractivity contribution in [3.63, 3.8) is 0 Å². The van der Waals surface area contributed by atoms with Gasteiger partial charge in [0.25, 0.3) is 0 Å². The van der Waals surface area contributed by atoms with E-state index < -0.39 is 0 Å². The molecule has 29 heavy (non-hydrogen) atoms.